The highest BCUT2D eigenvalue weighted by Gasteiger charge is 2.26. The van der Waals surface area contributed by atoms with Gasteiger partial charge in [-0.05, 0) is 16.5 Å². The van der Waals surface area contributed by atoms with Crippen LogP contribution >= 0.6 is 0 Å². The average molecular weight is 264 g/mol. The summed E-state index contributed by atoms with van der Waals surface area (Å²) < 4.78 is 9.21. The lowest BCUT2D eigenvalue weighted by atomic mass is 10.2. The monoisotopic (exact) mass is 264 g/mol. The number of ether oxygens (including phenoxy) is 1. The minimum atomic E-state index is -0.577. The number of hydrogen-bond donors (Lipinski definition) is 1. The summed E-state index contributed by atoms with van der Waals surface area (Å²) in [4.78, 5) is 15.9. The molecule has 19 heavy (non-hydrogen) atoms. The molecule has 8 nitrogen and oxygen atoms in total. The quantitative estimate of drug-likeness (QED) is 0.748. The van der Waals surface area contributed by atoms with Crippen LogP contribution in [-0.2, 0) is 17.9 Å². The summed E-state index contributed by atoms with van der Waals surface area (Å²) in [5, 5.41) is 17.4. The minimum absolute atomic E-state index is 0.0222. The summed E-state index contributed by atoms with van der Waals surface area (Å²) in [6.45, 7) is 0.276. The van der Waals surface area contributed by atoms with Gasteiger partial charge in [0.2, 0.25) is 0 Å². The van der Waals surface area contributed by atoms with E-state index in [1.54, 1.807) is 18.5 Å². The molecule has 0 bridgehead atoms. The van der Waals surface area contributed by atoms with Gasteiger partial charge >= 0.3 is 0 Å². The molecule has 0 aromatic carbocycles. The zero-order valence-corrected chi connectivity index (χ0v) is 10.2. The van der Waals surface area contributed by atoms with E-state index in [1.807, 2.05) is 6.07 Å². The van der Waals surface area contributed by atoms with Gasteiger partial charge in [0.25, 0.3) is 17.3 Å². The second-order valence-corrected chi connectivity index (χ2v) is 3.70. The molecule has 1 amide bonds. The van der Waals surface area contributed by atoms with Gasteiger partial charge in [-0.1, -0.05) is 6.07 Å². The Labute approximate surface area is 108 Å². The van der Waals surface area contributed by atoms with Gasteiger partial charge in [-0.15, -0.1) is 0 Å². The van der Waals surface area contributed by atoms with E-state index < -0.39 is 5.91 Å². The van der Waals surface area contributed by atoms with Crippen LogP contribution in [0.1, 0.15) is 21.7 Å². The van der Waals surface area contributed by atoms with Crippen molar-refractivity contribution in [3.8, 4) is 0 Å². The highest BCUT2D eigenvalue weighted by Crippen LogP contribution is 2.03. The molecule has 1 N–H and O–H groups in total. The third kappa shape index (κ3) is 3.05. The number of carbonyl (C=O) groups is 1. The van der Waals surface area contributed by atoms with Gasteiger partial charge in [-0.3, -0.25) is 14.4 Å². The van der Waals surface area contributed by atoms with E-state index in [2.05, 4.69) is 20.1 Å². The lowest BCUT2D eigenvalue weighted by Crippen LogP contribution is -2.37. The number of nitrogens with one attached hydrogen (secondary N) is 1. The second-order valence-electron chi connectivity index (χ2n) is 3.70. The molecule has 0 saturated heterocycles. The summed E-state index contributed by atoms with van der Waals surface area (Å²) in [5.41, 5.74) is 0.768. The number of methoxy groups -OCH3 is 1. The van der Waals surface area contributed by atoms with Crippen molar-refractivity contribution in [3.05, 3.63) is 46.7 Å². The Hall–Kier alpha value is -2.48. The van der Waals surface area contributed by atoms with Crippen molar-refractivity contribution in [2.24, 2.45) is 0 Å². The standard InChI is InChI=1S/C11H12N4O4/c1-18-7-9-10(15(17)19-14-9)11(16)13-6-8-3-2-4-12-5-8/h2-5H,6-7H2,1H3,(H,13,16). The van der Waals surface area contributed by atoms with E-state index in [4.69, 9.17) is 4.74 Å². The smallest absolute Gasteiger partial charge is 0.300 e. The third-order valence-electron chi connectivity index (χ3n) is 2.35. The molecular weight excluding hydrogens is 252 g/mol. The van der Waals surface area contributed by atoms with E-state index in [-0.39, 0.29) is 29.4 Å². The molecule has 2 heterocycles. The molecule has 8 heteroatoms. The SMILES string of the molecule is COCc1no[n+]([O-])c1C(=O)NCc1cccnc1. The summed E-state index contributed by atoms with van der Waals surface area (Å²) in [6.07, 6.45) is 3.25. The molecule has 0 aliphatic heterocycles. The first-order valence-corrected chi connectivity index (χ1v) is 5.47. The van der Waals surface area contributed by atoms with Crippen molar-refractivity contribution in [1.82, 2.24) is 15.5 Å². The maximum atomic E-state index is 11.9. The highest BCUT2D eigenvalue weighted by molar-refractivity contribution is 5.91. The van der Waals surface area contributed by atoms with Crippen LogP contribution in [0.3, 0.4) is 0 Å². The van der Waals surface area contributed by atoms with Crippen LogP contribution in [0.5, 0.6) is 0 Å². The predicted molar refractivity (Wildman–Crippen MR) is 61.6 cm³/mol. The van der Waals surface area contributed by atoms with Gasteiger partial charge in [0.15, 0.2) is 0 Å². The van der Waals surface area contributed by atoms with E-state index >= 15 is 0 Å². The van der Waals surface area contributed by atoms with Crippen LogP contribution in [0.4, 0.5) is 0 Å². The van der Waals surface area contributed by atoms with Crippen LogP contribution in [0.25, 0.3) is 0 Å². The number of nitrogens with zero attached hydrogens (tertiary/aromatic N) is 3. The van der Waals surface area contributed by atoms with Crippen molar-refractivity contribution >= 4 is 5.91 Å². The lowest BCUT2D eigenvalue weighted by molar-refractivity contribution is -0.803. The van der Waals surface area contributed by atoms with Crippen molar-refractivity contribution in [2.75, 3.05) is 7.11 Å². The Bertz CT molecular complexity index is 555. The largest absolute Gasteiger partial charge is 0.376 e. The molecular formula is C11H12N4O4. The van der Waals surface area contributed by atoms with E-state index in [1.165, 1.54) is 7.11 Å². The van der Waals surface area contributed by atoms with Crippen LogP contribution < -0.4 is 10.2 Å². The summed E-state index contributed by atoms with van der Waals surface area (Å²) in [7, 11) is 1.43. The van der Waals surface area contributed by atoms with Crippen molar-refractivity contribution in [1.29, 1.82) is 0 Å². The maximum Gasteiger partial charge on any atom is 0.300 e. The number of pyridine rings is 1. The molecule has 0 unspecified atom stereocenters. The van der Waals surface area contributed by atoms with E-state index in [0.717, 1.165) is 5.56 Å². The van der Waals surface area contributed by atoms with Crippen LogP contribution in [0, 0.1) is 5.21 Å². The van der Waals surface area contributed by atoms with E-state index in [0.29, 0.717) is 0 Å². The van der Waals surface area contributed by atoms with Crippen LogP contribution in [0.15, 0.2) is 29.2 Å². The van der Waals surface area contributed by atoms with Crippen LogP contribution in [-0.4, -0.2) is 23.2 Å². The maximum absolute atomic E-state index is 11.9. The first kappa shape index (κ1) is 13.0. The number of amides is 1. The second kappa shape index (κ2) is 5.91. The Balaban J connectivity index is 2.06. The fraction of sp³-hybridized carbons (Fsp3) is 0.273. The van der Waals surface area contributed by atoms with Gasteiger partial charge in [-0.25, -0.2) is 0 Å². The molecule has 100 valence electrons. The van der Waals surface area contributed by atoms with Crippen molar-refractivity contribution in [2.45, 2.75) is 13.2 Å². The molecule has 0 fully saturated rings. The van der Waals surface area contributed by atoms with Crippen molar-refractivity contribution in [3.63, 3.8) is 0 Å². The molecule has 2 aromatic heterocycles. The van der Waals surface area contributed by atoms with Gasteiger partial charge in [0, 0.05) is 31.2 Å². The molecule has 0 atom stereocenters. The minimum Gasteiger partial charge on any atom is -0.376 e. The lowest BCUT2D eigenvalue weighted by Gasteiger charge is -2.03. The molecule has 2 aromatic rings. The number of hydrogen-bond acceptors (Lipinski definition) is 6. The first-order chi connectivity index (χ1) is 9.22. The highest BCUT2D eigenvalue weighted by atomic mass is 16.8. The fourth-order valence-electron chi connectivity index (χ4n) is 1.49. The molecule has 0 aliphatic carbocycles. The fourth-order valence-corrected chi connectivity index (χ4v) is 1.49. The van der Waals surface area contributed by atoms with Gasteiger partial charge in [0.1, 0.15) is 6.61 Å². The Morgan fingerprint density at radius 3 is 3.16 bits per heavy atom. The third-order valence-corrected chi connectivity index (χ3v) is 2.35. The Morgan fingerprint density at radius 1 is 1.63 bits per heavy atom. The molecule has 0 spiro atoms. The number of rotatable bonds is 5. The molecule has 0 radical (unpaired) electrons. The van der Waals surface area contributed by atoms with Gasteiger partial charge < -0.3 is 15.3 Å². The first-order valence-electron chi connectivity index (χ1n) is 5.47. The molecule has 0 aliphatic rings. The van der Waals surface area contributed by atoms with E-state index in [9.17, 15) is 10.0 Å². The van der Waals surface area contributed by atoms with Crippen molar-refractivity contribution < 1.29 is 19.1 Å². The summed E-state index contributed by atoms with van der Waals surface area (Å²) in [5.74, 6) is -0.577. The van der Waals surface area contributed by atoms with Gasteiger partial charge in [0.05, 0.1) is 0 Å². The zero-order chi connectivity index (χ0) is 13.7. The Morgan fingerprint density at radius 2 is 2.47 bits per heavy atom. The summed E-state index contributed by atoms with van der Waals surface area (Å²) >= 11 is 0. The topological polar surface area (TPSA) is 104 Å². The number of aromatic nitrogens is 3. The van der Waals surface area contributed by atoms with Crippen LogP contribution in [0.2, 0.25) is 0 Å². The zero-order valence-electron chi connectivity index (χ0n) is 10.2. The Kier molecular flexibility index (Phi) is 4.04. The molecule has 0 saturated carbocycles. The molecule has 2 rings (SSSR count). The number of carbonyl (C=O) groups excluding carboxylic acids is 1. The predicted octanol–water partition coefficient (Wildman–Crippen LogP) is -0.221. The van der Waals surface area contributed by atoms with Gasteiger partial charge in [-0.2, -0.15) is 0 Å². The normalized spacial score (nSPS) is 10.4. The summed E-state index contributed by atoms with van der Waals surface area (Å²) in [6, 6.07) is 3.56. The average Bonchev–Trinajstić information content (AvgIpc) is 2.79.